The van der Waals surface area contributed by atoms with Crippen LogP contribution in [0.15, 0.2) is 12.2 Å². The van der Waals surface area contributed by atoms with Gasteiger partial charge in [-0.25, -0.2) is 4.79 Å². The minimum atomic E-state index is -1.39. The van der Waals surface area contributed by atoms with E-state index in [1.54, 1.807) is 0 Å². The highest BCUT2D eigenvalue weighted by Gasteiger charge is 2.62. The first-order chi connectivity index (χ1) is 12.5. The van der Waals surface area contributed by atoms with Crippen LogP contribution >= 0.6 is 0 Å². The van der Waals surface area contributed by atoms with E-state index in [9.17, 15) is 14.4 Å². The van der Waals surface area contributed by atoms with Crippen molar-refractivity contribution in [2.24, 2.45) is 29.1 Å². The van der Waals surface area contributed by atoms with Gasteiger partial charge in [0.15, 0.2) is 0 Å². The Morgan fingerprint density at radius 2 is 1.92 bits per heavy atom. The van der Waals surface area contributed by atoms with Gasteiger partial charge in [0.2, 0.25) is 5.78 Å². The molecule has 0 saturated heterocycles. The molecule has 5 atom stereocenters. The highest BCUT2D eigenvalue weighted by molar-refractivity contribution is 6.32. The number of ketones is 2. The van der Waals surface area contributed by atoms with Crippen LogP contribution in [0.2, 0.25) is 0 Å². The second-order valence-electron chi connectivity index (χ2n) is 8.74. The second kappa shape index (κ2) is 8.06. The Balaban J connectivity index is 1.59. The fourth-order valence-electron chi connectivity index (χ4n) is 6.09. The van der Waals surface area contributed by atoms with Crippen LogP contribution in [-0.4, -0.2) is 22.6 Å². The molecule has 3 aliphatic carbocycles. The van der Waals surface area contributed by atoms with Gasteiger partial charge in [0.05, 0.1) is 0 Å². The van der Waals surface area contributed by atoms with Crippen molar-refractivity contribution < 1.29 is 19.5 Å². The van der Waals surface area contributed by atoms with Gasteiger partial charge in [-0.15, -0.1) is 0 Å². The maximum atomic E-state index is 12.6. The molecule has 4 nitrogen and oxygen atoms in total. The van der Waals surface area contributed by atoms with Crippen LogP contribution in [0.4, 0.5) is 0 Å². The first kappa shape index (κ1) is 19.3. The highest BCUT2D eigenvalue weighted by Crippen LogP contribution is 2.70. The molecule has 144 valence electrons. The van der Waals surface area contributed by atoms with E-state index < -0.39 is 11.8 Å². The Morgan fingerprint density at radius 1 is 1.12 bits per heavy atom. The van der Waals surface area contributed by atoms with Crippen molar-refractivity contribution in [1.29, 1.82) is 0 Å². The first-order valence-electron chi connectivity index (χ1n) is 10.4. The van der Waals surface area contributed by atoms with E-state index in [2.05, 4.69) is 19.1 Å². The van der Waals surface area contributed by atoms with E-state index in [0.29, 0.717) is 42.4 Å². The smallest absolute Gasteiger partial charge is 0.372 e. The molecule has 0 spiro atoms. The lowest BCUT2D eigenvalue weighted by molar-refractivity contribution is -0.149. The molecule has 0 amide bonds. The van der Waals surface area contributed by atoms with Gasteiger partial charge in [-0.2, -0.15) is 0 Å². The number of carbonyl (C=O) groups is 3. The van der Waals surface area contributed by atoms with E-state index in [1.165, 1.54) is 44.9 Å². The van der Waals surface area contributed by atoms with Crippen molar-refractivity contribution in [1.82, 2.24) is 0 Å². The van der Waals surface area contributed by atoms with Crippen LogP contribution in [0.25, 0.3) is 0 Å². The largest absolute Gasteiger partial charge is 0.476 e. The number of allylic oxidation sites excluding steroid dienone is 2. The number of hydrogen-bond acceptors (Lipinski definition) is 3. The zero-order valence-corrected chi connectivity index (χ0v) is 15.9. The third kappa shape index (κ3) is 3.94. The average molecular weight is 360 g/mol. The third-order valence-electron chi connectivity index (χ3n) is 7.34. The minimum Gasteiger partial charge on any atom is -0.476 e. The molecule has 0 heterocycles. The van der Waals surface area contributed by atoms with Crippen LogP contribution < -0.4 is 0 Å². The summed E-state index contributed by atoms with van der Waals surface area (Å²) in [6, 6.07) is 0. The third-order valence-corrected chi connectivity index (χ3v) is 7.34. The molecule has 3 aliphatic rings. The van der Waals surface area contributed by atoms with Gasteiger partial charge in [0.25, 0.3) is 0 Å². The van der Waals surface area contributed by atoms with Crippen molar-refractivity contribution in [2.45, 2.75) is 77.6 Å². The fourth-order valence-corrected chi connectivity index (χ4v) is 6.09. The van der Waals surface area contributed by atoms with Crippen LogP contribution in [0.3, 0.4) is 0 Å². The molecule has 26 heavy (non-hydrogen) atoms. The SMILES string of the molecule is CC=C[C@H]1CCC(C23CCCCC2C3)[C@@H]1CC(=O)CCCC(=O)C(=O)O. The topological polar surface area (TPSA) is 71.4 Å². The monoisotopic (exact) mass is 360 g/mol. The molecule has 3 saturated carbocycles. The maximum absolute atomic E-state index is 12.6. The van der Waals surface area contributed by atoms with Crippen molar-refractivity contribution >= 4 is 17.5 Å². The van der Waals surface area contributed by atoms with Gasteiger partial charge in [-0.3, -0.25) is 9.59 Å². The standard InChI is InChI=1S/C22H32O4/c1-2-6-15-10-11-19(22-12-4-3-7-16(22)14-22)18(15)13-17(23)8-5-9-20(24)21(25)26/h2,6,15-16,18-19H,3-5,7-14H2,1H3,(H,25,26)/t15-,16?,18+,19?,22?/m0/s1. The molecule has 0 aromatic rings. The highest BCUT2D eigenvalue weighted by atomic mass is 16.4. The molecule has 1 N–H and O–H groups in total. The van der Waals surface area contributed by atoms with Crippen LogP contribution in [0, 0.1) is 29.1 Å². The van der Waals surface area contributed by atoms with Gasteiger partial charge in [0.1, 0.15) is 5.78 Å². The Hall–Kier alpha value is -1.45. The lowest BCUT2D eigenvalue weighted by atomic mass is 9.71. The van der Waals surface area contributed by atoms with Crippen molar-refractivity contribution in [2.75, 3.05) is 0 Å². The van der Waals surface area contributed by atoms with E-state index >= 15 is 0 Å². The van der Waals surface area contributed by atoms with Crippen molar-refractivity contribution in [3.05, 3.63) is 12.2 Å². The second-order valence-corrected chi connectivity index (χ2v) is 8.74. The lowest BCUT2D eigenvalue weighted by Gasteiger charge is -2.34. The van der Waals surface area contributed by atoms with Crippen LogP contribution in [-0.2, 0) is 14.4 Å². The van der Waals surface area contributed by atoms with E-state index in [-0.39, 0.29) is 12.2 Å². The predicted octanol–water partition coefficient (Wildman–Crippen LogP) is 4.57. The van der Waals surface area contributed by atoms with Crippen molar-refractivity contribution in [3.63, 3.8) is 0 Å². The van der Waals surface area contributed by atoms with Gasteiger partial charge >= 0.3 is 5.97 Å². The quantitative estimate of drug-likeness (QED) is 0.483. The van der Waals surface area contributed by atoms with Crippen molar-refractivity contribution in [3.8, 4) is 0 Å². The fraction of sp³-hybridized carbons (Fsp3) is 0.773. The lowest BCUT2D eigenvalue weighted by Crippen LogP contribution is -2.28. The van der Waals surface area contributed by atoms with E-state index in [0.717, 1.165) is 5.92 Å². The summed E-state index contributed by atoms with van der Waals surface area (Å²) in [7, 11) is 0. The molecule has 0 bridgehead atoms. The number of carbonyl (C=O) groups excluding carboxylic acids is 2. The van der Waals surface area contributed by atoms with Gasteiger partial charge < -0.3 is 5.11 Å². The summed E-state index contributed by atoms with van der Waals surface area (Å²) in [5.74, 6) is 0.556. The Labute approximate surface area is 156 Å². The number of aliphatic carboxylic acids is 1. The van der Waals surface area contributed by atoms with Crippen LogP contribution in [0.5, 0.6) is 0 Å². The molecular formula is C22H32O4. The summed E-state index contributed by atoms with van der Waals surface area (Å²) in [6.07, 6.45) is 15.0. The maximum Gasteiger partial charge on any atom is 0.372 e. The number of carboxylic acids is 1. The number of Topliss-reactive ketones (excluding diaryl/α,β-unsaturated/α-hetero) is 2. The summed E-state index contributed by atoms with van der Waals surface area (Å²) in [5.41, 5.74) is 0.527. The summed E-state index contributed by atoms with van der Waals surface area (Å²) in [5, 5.41) is 8.64. The number of hydrogen-bond donors (Lipinski definition) is 1. The zero-order chi connectivity index (χ0) is 18.7. The molecular weight excluding hydrogens is 328 g/mol. The molecule has 0 aliphatic heterocycles. The van der Waals surface area contributed by atoms with Gasteiger partial charge in [0, 0.05) is 19.3 Å². The summed E-state index contributed by atoms with van der Waals surface area (Å²) >= 11 is 0. The van der Waals surface area contributed by atoms with E-state index in [1.807, 2.05) is 0 Å². The predicted molar refractivity (Wildman–Crippen MR) is 99.6 cm³/mol. The summed E-state index contributed by atoms with van der Waals surface area (Å²) in [6.45, 7) is 2.06. The molecule has 3 rings (SSSR count). The summed E-state index contributed by atoms with van der Waals surface area (Å²) < 4.78 is 0. The molecule has 0 aromatic heterocycles. The Kier molecular flexibility index (Phi) is 5.99. The normalized spacial score (nSPS) is 36.0. The molecule has 4 heteroatoms. The van der Waals surface area contributed by atoms with Gasteiger partial charge in [-0.05, 0) is 74.5 Å². The molecule has 0 aromatic carbocycles. The average Bonchev–Trinajstić information content (AvgIpc) is 3.24. The first-order valence-corrected chi connectivity index (χ1v) is 10.4. The van der Waals surface area contributed by atoms with E-state index in [4.69, 9.17) is 5.11 Å². The Bertz CT molecular complexity index is 593. The number of fused-ring (bicyclic) bond motifs is 1. The summed E-state index contributed by atoms with van der Waals surface area (Å²) in [4.78, 5) is 34.3. The van der Waals surface area contributed by atoms with Crippen LogP contribution in [0.1, 0.15) is 77.6 Å². The minimum absolute atomic E-state index is 0.0283. The molecule has 3 unspecified atom stereocenters. The molecule has 3 fully saturated rings. The Morgan fingerprint density at radius 3 is 2.62 bits per heavy atom. The zero-order valence-electron chi connectivity index (χ0n) is 15.9. The molecule has 0 radical (unpaired) electrons. The number of carboxylic acid groups (broad SMARTS) is 1. The van der Waals surface area contributed by atoms with Gasteiger partial charge in [-0.1, -0.05) is 25.0 Å². The number of rotatable bonds is 9.